The first-order valence-electron chi connectivity index (χ1n) is 5.72. The van der Waals surface area contributed by atoms with E-state index in [4.69, 9.17) is 11.6 Å². The fourth-order valence-corrected chi connectivity index (χ4v) is 3.13. The van der Waals surface area contributed by atoms with E-state index in [1.54, 1.807) is 31.3 Å². The summed E-state index contributed by atoms with van der Waals surface area (Å²) in [4.78, 5) is 3.09. The van der Waals surface area contributed by atoms with E-state index in [0.29, 0.717) is 21.7 Å². The highest BCUT2D eigenvalue weighted by atomic mass is 79.9. The van der Waals surface area contributed by atoms with Gasteiger partial charge in [0.25, 0.3) is 10.0 Å². The number of H-pyrrole nitrogens is 1. The predicted molar refractivity (Wildman–Crippen MR) is 83.5 cm³/mol. The number of rotatable bonds is 5. The van der Waals surface area contributed by atoms with Crippen molar-refractivity contribution in [3.8, 4) is 0 Å². The third kappa shape index (κ3) is 3.54. The fourth-order valence-electron chi connectivity index (χ4n) is 1.64. The number of sulfonamides is 1. The lowest BCUT2D eigenvalue weighted by molar-refractivity contribution is 0.601. The number of nitrogens with one attached hydrogen (secondary N) is 3. The SMILES string of the molecule is CNCc1cc(S(=O)(=O)Nc2ccc(Br)c(Cl)c2)c[nH]1. The molecule has 5 nitrogen and oxygen atoms in total. The maximum Gasteiger partial charge on any atom is 0.263 e. The molecule has 1 aromatic heterocycles. The summed E-state index contributed by atoms with van der Waals surface area (Å²) in [5, 5.41) is 3.38. The van der Waals surface area contributed by atoms with E-state index in [-0.39, 0.29) is 4.90 Å². The van der Waals surface area contributed by atoms with Crippen molar-refractivity contribution in [2.24, 2.45) is 0 Å². The van der Waals surface area contributed by atoms with Gasteiger partial charge in [-0.3, -0.25) is 4.72 Å². The number of halogens is 2. The van der Waals surface area contributed by atoms with Crippen molar-refractivity contribution >= 4 is 43.2 Å². The van der Waals surface area contributed by atoms with Crippen LogP contribution in [-0.4, -0.2) is 20.4 Å². The average molecular weight is 379 g/mol. The van der Waals surface area contributed by atoms with Gasteiger partial charge in [0.05, 0.1) is 10.7 Å². The summed E-state index contributed by atoms with van der Waals surface area (Å²) in [6.07, 6.45) is 1.45. The summed E-state index contributed by atoms with van der Waals surface area (Å²) in [7, 11) is -1.83. The number of hydrogen-bond donors (Lipinski definition) is 3. The molecule has 0 unspecified atom stereocenters. The Morgan fingerprint density at radius 1 is 1.35 bits per heavy atom. The Labute approximate surface area is 130 Å². The minimum Gasteiger partial charge on any atom is -0.363 e. The third-order valence-corrected chi connectivity index (χ3v) is 5.16. The van der Waals surface area contributed by atoms with Gasteiger partial charge < -0.3 is 10.3 Å². The largest absolute Gasteiger partial charge is 0.363 e. The molecule has 20 heavy (non-hydrogen) atoms. The van der Waals surface area contributed by atoms with Gasteiger partial charge in [0.15, 0.2) is 0 Å². The summed E-state index contributed by atoms with van der Waals surface area (Å²) in [5.41, 5.74) is 1.20. The Hall–Kier alpha value is -1.02. The van der Waals surface area contributed by atoms with Crippen molar-refractivity contribution in [1.82, 2.24) is 10.3 Å². The first kappa shape index (κ1) is 15.4. The number of benzene rings is 1. The van der Waals surface area contributed by atoms with Crippen LogP contribution in [0.5, 0.6) is 0 Å². The topological polar surface area (TPSA) is 74.0 Å². The molecule has 0 saturated carbocycles. The van der Waals surface area contributed by atoms with Crippen LogP contribution in [0.4, 0.5) is 5.69 Å². The molecule has 0 amide bonds. The highest BCUT2D eigenvalue weighted by Crippen LogP contribution is 2.27. The van der Waals surface area contributed by atoms with Gasteiger partial charge in [0.2, 0.25) is 0 Å². The van der Waals surface area contributed by atoms with E-state index >= 15 is 0 Å². The van der Waals surface area contributed by atoms with Gasteiger partial charge in [-0.15, -0.1) is 0 Å². The standard InChI is InChI=1S/C12H13BrClN3O2S/c1-15-6-9-4-10(7-16-9)20(18,19)17-8-2-3-11(13)12(14)5-8/h2-5,7,15-17H,6H2,1H3. The molecule has 0 aliphatic carbocycles. The first-order chi connectivity index (χ1) is 9.42. The summed E-state index contributed by atoms with van der Waals surface area (Å²) in [6.45, 7) is 0.569. The number of aromatic nitrogens is 1. The first-order valence-corrected chi connectivity index (χ1v) is 8.37. The van der Waals surface area contributed by atoms with Crippen molar-refractivity contribution < 1.29 is 8.42 Å². The van der Waals surface area contributed by atoms with Crippen molar-refractivity contribution in [2.45, 2.75) is 11.4 Å². The van der Waals surface area contributed by atoms with Crippen LogP contribution in [0, 0.1) is 0 Å². The lowest BCUT2D eigenvalue weighted by Gasteiger charge is -2.07. The van der Waals surface area contributed by atoms with Crippen molar-refractivity contribution in [1.29, 1.82) is 0 Å². The van der Waals surface area contributed by atoms with E-state index in [0.717, 1.165) is 5.69 Å². The zero-order valence-electron chi connectivity index (χ0n) is 10.6. The molecule has 108 valence electrons. The van der Waals surface area contributed by atoms with Gasteiger partial charge in [-0.2, -0.15) is 0 Å². The summed E-state index contributed by atoms with van der Waals surface area (Å²) in [5.74, 6) is 0. The highest BCUT2D eigenvalue weighted by Gasteiger charge is 2.16. The lowest BCUT2D eigenvalue weighted by Crippen LogP contribution is -2.12. The molecule has 1 heterocycles. The third-order valence-electron chi connectivity index (χ3n) is 2.57. The number of hydrogen-bond acceptors (Lipinski definition) is 3. The summed E-state index contributed by atoms with van der Waals surface area (Å²) in [6, 6.07) is 6.45. The molecule has 0 aliphatic rings. The second-order valence-corrected chi connectivity index (χ2v) is 7.07. The molecular formula is C12H13BrClN3O2S. The zero-order valence-corrected chi connectivity index (χ0v) is 13.7. The van der Waals surface area contributed by atoms with Crippen LogP contribution in [0.25, 0.3) is 0 Å². The van der Waals surface area contributed by atoms with Gasteiger partial charge in [-0.25, -0.2) is 8.42 Å². The van der Waals surface area contributed by atoms with Crippen LogP contribution in [0.1, 0.15) is 5.69 Å². The monoisotopic (exact) mass is 377 g/mol. The van der Waals surface area contributed by atoms with Crippen LogP contribution in [0.3, 0.4) is 0 Å². The zero-order chi connectivity index (χ0) is 14.8. The Balaban J connectivity index is 2.23. The highest BCUT2D eigenvalue weighted by molar-refractivity contribution is 9.10. The van der Waals surface area contributed by atoms with Crippen LogP contribution >= 0.6 is 27.5 Å². The normalized spacial score (nSPS) is 11.6. The van der Waals surface area contributed by atoms with E-state index in [1.165, 1.54) is 6.20 Å². The molecule has 8 heteroatoms. The van der Waals surface area contributed by atoms with E-state index < -0.39 is 10.0 Å². The average Bonchev–Trinajstić information content (AvgIpc) is 2.83. The molecule has 2 rings (SSSR count). The maximum atomic E-state index is 12.2. The van der Waals surface area contributed by atoms with Crippen LogP contribution in [-0.2, 0) is 16.6 Å². The second-order valence-electron chi connectivity index (χ2n) is 4.13. The Bertz CT molecular complexity index is 715. The van der Waals surface area contributed by atoms with E-state index in [2.05, 4.69) is 31.0 Å². The quantitative estimate of drug-likeness (QED) is 0.749. The number of anilines is 1. The van der Waals surface area contributed by atoms with Gasteiger partial charge in [0.1, 0.15) is 4.90 Å². The molecule has 0 fully saturated rings. The Kier molecular flexibility index (Phi) is 4.74. The van der Waals surface area contributed by atoms with Gasteiger partial charge >= 0.3 is 0 Å². The lowest BCUT2D eigenvalue weighted by atomic mass is 10.3. The molecule has 0 spiro atoms. The van der Waals surface area contributed by atoms with E-state index in [1.807, 2.05) is 0 Å². The summed E-state index contributed by atoms with van der Waals surface area (Å²) < 4.78 is 27.6. The molecule has 1 aromatic carbocycles. The maximum absolute atomic E-state index is 12.2. The molecule has 0 radical (unpaired) electrons. The molecular weight excluding hydrogens is 366 g/mol. The van der Waals surface area contributed by atoms with Crippen LogP contribution < -0.4 is 10.0 Å². The van der Waals surface area contributed by atoms with E-state index in [9.17, 15) is 8.42 Å². The smallest absolute Gasteiger partial charge is 0.263 e. The van der Waals surface area contributed by atoms with Gasteiger partial charge in [0, 0.05) is 22.9 Å². The molecule has 3 N–H and O–H groups in total. The molecule has 0 atom stereocenters. The molecule has 0 aliphatic heterocycles. The fraction of sp³-hybridized carbons (Fsp3) is 0.167. The minimum atomic E-state index is -3.62. The van der Waals surface area contributed by atoms with Crippen molar-refractivity contribution in [3.63, 3.8) is 0 Å². The Morgan fingerprint density at radius 3 is 2.75 bits per heavy atom. The molecule has 0 bridgehead atoms. The van der Waals surface area contributed by atoms with Crippen LogP contribution in [0.15, 0.2) is 39.8 Å². The van der Waals surface area contributed by atoms with Crippen LogP contribution in [0.2, 0.25) is 5.02 Å². The number of aromatic amines is 1. The molecule has 0 saturated heterocycles. The van der Waals surface area contributed by atoms with Gasteiger partial charge in [-0.05, 0) is 47.2 Å². The molecule has 2 aromatic rings. The van der Waals surface area contributed by atoms with Gasteiger partial charge in [-0.1, -0.05) is 11.6 Å². The Morgan fingerprint density at radius 2 is 2.10 bits per heavy atom. The predicted octanol–water partition coefficient (Wildman–Crippen LogP) is 2.95. The summed E-state index contributed by atoms with van der Waals surface area (Å²) >= 11 is 9.19. The van der Waals surface area contributed by atoms with Crippen molar-refractivity contribution in [2.75, 3.05) is 11.8 Å². The second kappa shape index (κ2) is 6.17. The minimum absolute atomic E-state index is 0.182. The van der Waals surface area contributed by atoms with Crippen molar-refractivity contribution in [3.05, 3.63) is 45.7 Å².